The van der Waals surface area contributed by atoms with E-state index in [1.807, 2.05) is 12.3 Å². The first-order valence-electron chi connectivity index (χ1n) is 12.9. The monoisotopic (exact) mass is 554 g/mol. The summed E-state index contributed by atoms with van der Waals surface area (Å²) in [6.45, 7) is 2.29. The van der Waals surface area contributed by atoms with Gasteiger partial charge < -0.3 is 0 Å². The summed E-state index contributed by atoms with van der Waals surface area (Å²) in [5.74, 6) is 0. The average molecular weight is 554 g/mol. The Labute approximate surface area is 226 Å². The van der Waals surface area contributed by atoms with Gasteiger partial charge in [0.1, 0.15) is 0 Å². The molecule has 3 nitrogen and oxygen atoms in total. The molecule has 0 aliphatic heterocycles. The Morgan fingerprint density at radius 3 is 2.29 bits per heavy atom. The molecule has 0 atom stereocenters. The van der Waals surface area contributed by atoms with Crippen LogP contribution in [0, 0.1) is 6.92 Å². The molecule has 0 aliphatic rings. The molecule has 0 spiro atoms. The van der Waals surface area contributed by atoms with E-state index >= 15 is 0 Å². The fourth-order valence-corrected chi connectivity index (χ4v) is 8.87. The maximum atomic E-state index is 4.83. The van der Waals surface area contributed by atoms with Crippen molar-refractivity contribution in [1.82, 2.24) is 9.55 Å². The predicted octanol–water partition coefficient (Wildman–Crippen LogP) is 7.50. The van der Waals surface area contributed by atoms with E-state index in [-0.39, 0.29) is 14.5 Å². The van der Waals surface area contributed by atoms with Gasteiger partial charge in [0.05, 0.1) is 0 Å². The van der Waals surface area contributed by atoms with E-state index in [2.05, 4.69) is 120 Å². The predicted molar refractivity (Wildman–Crippen MR) is 159 cm³/mol. The van der Waals surface area contributed by atoms with Gasteiger partial charge in [-0.25, -0.2) is 0 Å². The van der Waals surface area contributed by atoms with Gasteiger partial charge in [-0.1, -0.05) is 0 Å². The second kappa shape index (κ2) is 8.13. The Hall–Kier alpha value is -4.24. The van der Waals surface area contributed by atoms with Gasteiger partial charge in [0.15, 0.2) is 0 Å². The van der Waals surface area contributed by atoms with Crippen LogP contribution in [-0.2, 0) is 7.05 Å². The third-order valence-corrected chi connectivity index (χ3v) is 10.6. The first-order valence-corrected chi connectivity index (χ1v) is 14.6. The SMILES string of the molecule is Cc1c(-c2c3ccc4c(-n5c6ccccc6c6cccnc65)cccc4c3cc[n+]2C)[se]c2ccccc12. The summed E-state index contributed by atoms with van der Waals surface area (Å²) in [6.07, 6.45) is 4.12. The normalized spacial score (nSPS) is 11.9. The van der Waals surface area contributed by atoms with E-state index in [1.165, 1.54) is 63.2 Å². The van der Waals surface area contributed by atoms with Crippen LogP contribution in [0.3, 0.4) is 0 Å². The Bertz CT molecular complexity index is 2160. The van der Waals surface area contributed by atoms with E-state index in [0.717, 1.165) is 11.3 Å². The quantitative estimate of drug-likeness (QED) is 0.123. The molecule has 8 aromatic rings. The summed E-state index contributed by atoms with van der Waals surface area (Å²) in [5, 5.41) is 8.92. The van der Waals surface area contributed by atoms with Crippen molar-refractivity contribution in [2.45, 2.75) is 6.92 Å². The summed E-state index contributed by atoms with van der Waals surface area (Å²) in [6, 6.07) is 35.3. The standard InChI is InChI=1S/C34H24N3Se/c1-21-22-9-4-6-15-31(22)38-33(21)32-27-17-16-26-23(24(27)18-20-36(32)2)11-7-14-30(26)37-29-13-5-3-10-25(29)28-12-8-19-35-34(28)37/h3-20H,1-2H3/q+1. The second-order valence-corrected chi connectivity index (χ2v) is 12.2. The van der Waals surface area contributed by atoms with E-state index in [9.17, 15) is 0 Å². The maximum absolute atomic E-state index is 4.83. The van der Waals surface area contributed by atoms with Crippen molar-refractivity contribution in [3.8, 4) is 15.8 Å². The minimum atomic E-state index is 0.290. The van der Waals surface area contributed by atoms with Gasteiger partial charge in [-0.15, -0.1) is 0 Å². The Morgan fingerprint density at radius 1 is 0.658 bits per heavy atom. The number of fused-ring (bicyclic) bond motifs is 7. The van der Waals surface area contributed by atoms with Crippen molar-refractivity contribution in [2.24, 2.45) is 7.05 Å². The third kappa shape index (κ3) is 2.96. The molecular weight excluding hydrogens is 529 g/mol. The van der Waals surface area contributed by atoms with Crippen LogP contribution >= 0.6 is 0 Å². The Morgan fingerprint density at radius 2 is 1.39 bits per heavy atom. The molecule has 0 amide bonds. The number of hydrogen-bond donors (Lipinski definition) is 0. The van der Waals surface area contributed by atoms with Gasteiger partial charge in [0.25, 0.3) is 0 Å². The van der Waals surface area contributed by atoms with Crippen LogP contribution < -0.4 is 4.57 Å². The van der Waals surface area contributed by atoms with Gasteiger partial charge in [0.2, 0.25) is 0 Å². The fourth-order valence-electron chi connectivity index (χ4n) is 6.12. The fraction of sp³-hybridized carbons (Fsp3) is 0.0588. The van der Waals surface area contributed by atoms with Crippen LogP contribution in [0.15, 0.2) is 109 Å². The molecule has 180 valence electrons. The van der Waals surface area contributed by atoms with Crippen molar-refractivity contribution in [3.63, 3.8) is 0 Å². The molecule has 0 fully saturated rings. The third-order valence-electron chi connectivity index (χ3n) is 7.89. The number of aromatic nitrogens is 3. The summed E-state index contributed by atoms with van der Waals surface area (Å²) in [4.78, 5) is 4.83. The van der Waals surface area contributed by atoms with Gasteiger partial charge in [-0.05, 0) is 0 Å². The average Bonchev–Trinajstić information content (AvgIpc) is 3.47. The van der Waals surface area contributed by atoms with Crippen LogP contribution in [0.5, 0.6) is 0 Å². The van der Waals surface area contributed by atoms with Crippen molar-refractivity contribution < 1.29 is 4.57 Å². The van der Waals surface area contributed by atoms with Crippen LogP contribution in [0.4, 0.5) is 0 Å². The number of aryl methyl sites for hydroxylation is 2. The first kappa shape index (κ1) is 21.8. The van der Waals surface area contributed by atoms with Crippen molar-refractivity contribution in [3.05, 3.63) is 115 Å². The molecule has 38 heavy (non-hydrogen) atoms. The minimum absolute atomic E-state index is 0.290. The molecule has 0 saturated heterocycles. The van der Waals surface area contributed by atoms with E-state index < -0.39 is 0 Å². The van der Waals surface area contributed by atoms with Gasteiger partial charge in [-0.2, -0.15) is 0 Å². The van der Waals surface area contributed by atoms with Crippen LogP contribution in [0.1, 0.15) is 5.56 Å². The summed E-state index contributed by atoms with van der Waals surface area (Å²) < 4.78 is 7.59. The van der Waals surface area contributed by atoms with Gasteiger partial charge in [-0.3, -0.25) is 0 Å². The molecule has 0 radical (unpaired) electrons. The number of para-hydroxylation sites is 1. The van der Waals surface area contributed by atoms with Crippen LogP contribution in [0.2, 0.25) is 0 Å². The van der Waals surface area contributed by atoms with Crippen molar-refractivity contribution in [2.75, 3.05) is 0 Å². The molecular formula is C34H24N3Se+. The zero-order valence-corrected chi connectivity index (χ0v) is 22.9. The second-order valence-electron chi connectivity index (χ2n) is 9.95. The van der Waals surface area contributed by atoms with E-state index in [0.29, 0.717) is 0 Å². The molecule has 4 heteroatoms. The molecule has 4 aromatic heterocycles. The summed E-state index contributed by atoms with van der Waals surface area (Å²) in [7, 11) is 2.18. The molecule has 0 unspecified atom stereocenters. The zero-order chi connectivity index (χ0) is 25.4. The van der Waals surface area contributed by atoms with Crippen LogP contribution in [0.25, 0.3) is 68.9 Å². The topological polar surface area (TPSA) is 21.7 Å². The first-order chi connectivity index (χ1) is 18.7. The van der Waals surface area contributed by atoms with E-state index in [1.54, 1.807) is 0 Å². The van der Waals surface area contributed by atoms with Crippen molar-refractivity contribution >= 4 is 67.6 Å². The Kier molecular flexibility index (Phi) is 4.66. The molecule has 4 heterocycles. The molecule has 0 saturated carbocycles. The van der Waals surface area contributed by atoms with Gasteiger partial charge >= 0.3 is 227 Å². The summed E-state index contributed by atoms with van der Waals surface area (Å²) >= 11 is 0.290. The number of hydrogen-bond acceptors (Lipinski definition) is 1. The Balaban J connectivity index is 1.45. The van der Waals surface area contributed by atoms with Gasteiger partial charge in [0, 0.05) is 0 Å². The molecule has 4 aromatic carbocycles. The number of benzene rings is 4. The number of nitrogens with zero attached hydrogens (tertiary/aromatic N) is 3. The van der Waals surface area contributed by atoms with Crippen LogP contribution in [-0.4, -0.2) is 24.1 Å². The molecule has 0 aliphatic carbocycles. The number of rotatable bonds is 2. The molecule has 0 N–H and O–H groups in total. The summed E-state index contributed by atoms with van der Waals surface area (Å²) in [5.41, 5.74) is 6.09. The van der Waals surface area contributed by atoms with E-state index in [4.69, 9.17) is 4.98 Å². The van der Waals surface area contributed by atoms with Crippen molar-refractivity contribution in [1.29, 1.82) is 0 Å². The molecule has 0 bridgehead atoms. The molecule has 8 rings (SSSR count). The number of pyridine rings is 2. The zero-order valence-electron chi connectivity index (χ0n) is 21.1.